The van der Waals surface area contributed by atoms with Crippen molar-refractivity contribution in [3.63, 3.8) is 0 Å². The number of amides is 2. The van der Waals surface area contributed by atoms with Gasteiger partial charge in [0.1, 0.15) is 0 Å². The van der Waals surface area contributed by atoms with E-state index in [1.54, 1.807) is 4.90 Å². The molecule has 0 spiro atoms. The van der Waals surface area contributed by atoms with Crippen molar-refractivity contribution in [3.8, 4) is 0 Å². The molecule has 7 heteroatoms. The second-order valence-electron chi connectivity index (χ2n) is 7.13. The van der Waals surface area contributed by atoms with Crippen LogP contribution in [0.5, 0.6) is 0 Å². The fraction of sp³-hybridized carbons (Fsp3) is 0.867. The average molecular weight is 330 g/mol. The smallest absolute Gasteiger partial charge is 0.225 e. The van der Waals surface area contributed by atoms with Crippen LogP contribution in [0.2, 0.25) is 0 Å². The minimum atomic E-state index is -3.02. The predicted molar refractivity (Wildman–Crippen MR) is 84.0 cm³/mol. The van der Waals surface area contributed by atoms with Gasteiger partial charge in [-0.25, -0.2) is 8.42 Å². The molecule has 2 aliphatic rings. The van der Waals surface area contributed by atoms with Gasteiger partial charge in [0, 0.05) is 24.5 Å². The van der Waals surface area contributed by atoms with Crippen molar-refractivity contribution in [1.82, 2.24) is 10.2 Å². The van der Waals surface area contributed by atoms with E-state index < -0.39 is 9.84 Å². The van der Waals surface area contributed by atoms with Gasteiger partial charge in [0.25, 0.3) is 0 Å². The van der Waals surface area contributed by atoms with Crippen molar-refractivity contribution in [2.24, 2.45) is 5.92 Å². The Morgan fingerprint density at radius 3 is 2.64 bits per heavy atom. The molecule has 2 fully saturated rings. The van der Waals surface area contributed by atoms with Crippen LogP contribution in [-0.2, 0) is 19.4 Å². The van der Waals surface area contributed by atoms with E-state index in [0.717, 1.165) is 12.8 Å². The van der Waals surface area contributed by atoms with Crippen LogP contribution >= 0.6 is 0 Å². The molecule has 0 bridgehead atoms. The Bertz CT molecular complexity index is 556. The quantitative estimate of drug-likeness (QED) is 0.805. The first-order chi connectivity index (χ1) is 10.1. The van der Waals surface area contributed by atoms with E-state index in [1.165, 1.54) is 0 Å². The van der Waals surface area contributed by atoms with Gasteiger partial charge in [-0.2, -0.15) is 0 Å². The van der Waals surface area contributed by atoms with Crippen LogP contribution in [0.1, 0.15) is 46.5 Å². The molecule has 0 aromatic heterocycles. The number of likely N-dealkylation sites (tertiary alicyclic amines) is 1. The van der Waals surface area contributed by atoms with Gasteiger partial charge in [-0.3, -0.25) is 9.59 Å². The van der Waals surface area contributed by atoms with E-state index in [4.69, 9.17) is 0 Å². The predicted octanol–water partition coefficient (Wildman–Crippen LogP) is 0.717. The second kappa shape index (κ2) is 6.18. The van der Waals surface area contributed by atoms with Crippen LogP contribution < -0.4 is 5.32 Å². The van der Waals surface area contributed by atoms with E-state index in [0.29, 0.717) is 13.0 Å². The third-order valence-electron chi connectivity index (χ3n) is 4.51. The first-order valence-corrected chi connectivity index (χ1v) is 9.77. The van der Waals surface area contributed by atoms with Gasteiger partial charge >= 0.3 is 0 Å². The second-order valence-corrected chi connectivity index (χ2v) is 9.36. The summed E-state index contributed by atoms with van der Waals surface area (Å²) in [6.45, 7) is 6.36. The lowest BCUT2D eigenvalue weighted by Crippen LogP contribution is -2.47. The molecule has 2 aliphatic heterocycles. The van der Waals surface area contributed by atoms with E-state index in [9.17, 15) is 18.0 Å². The van der Waals surface area contributed by atoms with E-state index in [2.05, 4.69) is 12.2 Å². The summed E-state index contributed by atoms with van der Waals surface area (Å²) in [4.78, 5) is 26.1. The maximum atomic E-state index is 12.4. The van der Waals surface area contributed by atoms with E-state index in [1.807, 2.05) is 13.8 Å². The molecule has 0 aliphatic carbocycles. The van der Waals surface area contributed by atoms with Gasteiger partial charge in [-0.1, -0.05) is 13.3 Å². The summed E-state index contributed by atoms with van der Waals surface area (Å²) in [6, 6.07) is -0.251. The summed E-state index contributed by atoms with van der Waals surface area (Å²) in [5.41, 5.74) is -0.279. The first-order valence-electron chi connectivity index (χ1n) is 7.95. The molecular formula is C15H26N2O4S. The molecule has 0 saturated carbocycles. The topological polar surface area (TPSA) is 83.6 Å². The molecule has 2 heterocycles. The molecule has 1 N–H and O–H groups in total. The average Bonchev–Trinajstić information content (AvgIpc) is 2.91. The van der Waals surface area contributed by atoms with Gasteiger partial charge < -0.3 is 10.2 Å². The lowest BCUT2D eigenvalue weighted by Gasteiger charge is -2.28. The Kier molecular flexibility index (Phi) is 4.84. The number of rotatable bonds is 5. The van der Waals surface area contributed by atoms with Gasteiger partial charge in [-0.05, 0) is 26.7 Å². The summed E-state index contributed by atoms with van der Waals surface area (Å²) in [5.74, 6) is -0.395. The maximum absolute atomic E-state index is 12.4. The Morgan fingerprint density at radius 1 is 1.41 bits per heavy atom. The highest BCUT2D eigenvalue weighted by molar-refractivity contribution is 7.91. The highest BCUT2D eigenvalue weighted by Crippen LogP contribution is 2.26. The summed E-state index contributed by atoms with van der Waals surface area (Å²) < 4.78 is 23.1. The summed E-state index contributed by atoms with van der Waals surface area (Å²) in [6.07, 6.45) is 2.53. The van der Waals surface area contributed by atoms with Crippen LogP contribution in [0.3, 0.4) is 0 Å². The fourth-order valence-electron chi connectivity index (χ4n) is 3.40. The van der Waals surface area contributed by atoms with Crippen molar-refractivity contribution in [3.05, 3.63) is 0 Å². The van der Waals surface area contributed by atoms with Crippen LogP contribution in [0.25, 0.3) is 0 Å². The highest BCUT2D eigenvalue weighted by atomic mass is 32.2. The van der Waals surface area contributed by atoms with Crippen molar-refractivity contribution in [1.29, 1.82) is 0 Å². The summed E-state index contributed by atoms with van der Waals surface area (Å²) in [7, 11) is -3.02. The summed E-state index contributed by atoms with van der Waals surface area (Å²) in [5, 5.41) is 3.01. The molecule has 22 heavy (non-hydrogen) atoms. The van der Waals surface area contributed by atoms with Crippen LogP contribution in [-0.4, -0.2) is 54.8 Å². The van der Waals surface area contributed by atoms with Crippen molar-refractivity contribution >= 4 is 21.7 Å². The third-order valence-corrected chi connectivity index (χ3v) is 6.27. The van der Waals surface area contributed by atoms with Crippen molar-refractivity contribution in [2.75, 3.05) is 18.1 Å². The lowest BCUT2D eigenvalue weighted by molar-refractivity contribution is -0.130. The van der Waals surface area contributed by atoms with Crippen molar-refractivity contribution in [2.45, 2.75) is 58.0 Å². The molecular weight excluding hydrogens is 304 g/mol. The zero-order valence-corrected chi connectivity index (χ0v) is 14.4. The number of sulfone groups is 1. The molecule has 0 radical (unpaired) electrons. The molecule has 2 atom stereocenters. The maximum Gasteiger partial charge on any atom is 0.225 e. The fourth-order valence-corrected chi connectivity index (χ4v) is 5.14. The Balaban J connectivity index is 1.96. The molecule has 6 nitrogen and oxygen atoms in total. The molecule has 0 aromatic rings. The van der Waals surface area contributed by atoms with Gasteiger partial charge in [0.05, 0.1) is 17.4 Å². The minimum Gasteiger partial charge on any atom is -0.351 e. The Hall–Kier alpha value is -1.11. The number of nitrogens with zero attached hydrogens (tertiary/aromatic N) is 1. The number of hydrogen-bond acceptors (Lipinski definition) is 4. The normalized spacial score (nSPS) is 28.1. The number of carbonyl (C=O) groups excluding carboxylic acids is 2. The lowest BCUT2D eigenvalue weighted by atomic mass is 9.97. The number of carbonyl (C=O) groups is 2. The minimum absolute atomic E-state index is 0.0361. The van der Waals surface area contributed by atoms with Gasteiger partial charge in [0.2, 0.25) is 11.8 Å². The SMILES string of the molecule is CCCC(C)(C)NC(=O)C1CC(=O)N(C2CCS(=O)(=O)C2)C1. The van der Waals surface area contributed by atoms with E-state index >= 15 is 0 Å². The Labute approximate surface area is 132 Å². The van der Waals surface area contributed by atoms with Gasteiger partial charge in [0.15, 0.2) is 9.84 Å². The van der Waals surface area contributed by atoms with Gasteiger partial charge in [-0.15, -0.1) is 0 Å². The van der Waals surface area contributed by atoms with Crippen LogP contribution in [0.4, 0.5) is 0 Å². The molecule has 2 rings (SSSR count). The standard InChI is InChI=1S/C15H26N2O4S/c1-4-6-15(2,3)16-14(19)11-8-13(18)17(9-11)12-5-7-22(20,21)10-12/h11-12H,4-10H2,1-3H3,(H,16,19). The summed E-state index contributed by atoms with van der Waals surface area (Å²) >= 11 is 0. The monoisotopic (exact) mass is 330 g/mol. The van der Waals surface area contributed by atoms with E-state index in [-0.39, 0.29) is 47.2 Å². The zero-order chi connectivity index (χ0) is 16.5. The molecule has 2 saturated heterocycles. The Morgan fingerprint density at radius 2 is 2.09 bits per heavy atom. The van der Waals surface area contributed by atoms with Crippen LogP contribution in [0, 0.1) is 5.92 Å². The molecule has 2 unspecified atom stereocenters. The largest absolute Gasteiger partial charge is 0.351 e. The highest BCUT2D eigenvalue weighted by Gasteiger charge is 2.42. The zero-order valence-electron chi connectivity index (χ0n) is 13.6. The van der Waals surface area contributed by atoms with Crippen LogP contribution in [0.15, 0.2) is 0 Å². The first kappa shape index (κ1) is 17.2. The molecule has 0 aromatic carbocycles. The third kappa shape index (κ3) is 4.00. The van der Waals surface area contributed by atoms with Crippen molar-refractivity contribution < 1.29 is 18.0 Å². The number of hydrogen-bond donors (Lipinski definition) is 1. The number of nitrogens with one attached hydrogen (secondary N) is 1. The molecule has 126 valence electrons. The molecule has 2 amide bonds.